The summed E-state index contributed by atoms with van der Waals surface area (Å²) in [4.78, 5) is 27.4. The van der Waals surface area contributed by atoms with E-state index in [-0.39, 0.29) is 11.8 Å². The Balaban J connectivity index is 1.99. The fourth-order valence-corrected chi connectivity index (χ4v) is 2.29. The van der Waals surface area contributed by atoms with Gasteiger partial charge < -0.3 is 15.1 Å². The average molecular weight is 275 g/mol. The van der Waals surface area contributed by atoms with Gasteiger partial charge in [0.2, 0.25) is 5.91 Å². The average Bonchev–Trinajstić information content (AvgIpc) is 2.76. The number of fused-ring (bicyclic) bond motifs is 1. The van der Waals surface area contributed by atoms with Gasteiger partial charge in [0.05, 0.1) is 6.42 Å². The van der Waals surface area contributed by atoms with Gasteiger partial charge in [-0.25, -0.2) is 0 Å². The molecule has 0 atom stereocenters. The molecule has 1 heterocycles. The Labute approximate surface area is 119 Å². The van der Waals surface area contributed by atoms with Gasteiger partial charge in [0.25, 0.3) is 5.91 Å². The van der Waals surface area contributed by atoms with Crippen LogP contribution in [0.5, 0.6) is 0 Å². The first-order chi connectivity index (χ1) is 9.47. The second-order valence-electron chi connectivity index (χ2n) is 5.48. The van der Waals surface area contributed by atoms with Crippen LogP contribution in [0.3, 0.4) is 0 Å². The zero-order chi connectivity index (χ0) is 14.7. The smallest absolute Gasteiger partial charge is 0.253 e. The van der Waals surface area contributed by atoms with Gasteiger partial charge in [-0.05, 0) is 44.8 Å². The molecule has 0 bridgehead atoms. The van der Waals surface area contributed by atoms with Crippen molar-refractivity contribution in [3.05, 3.63) is 29.3 Å². The third-order valence-electron chi connectivity index (χ3n) is 3.43. The third kappa shape index (κ3) is 3.36. The molecule has 1 aromatic rings. The van der Waals surface area contributed by atoms with Gasteiger partial charge in [-0.2, -0.15) is 0 Å². The SMILES string of the molecule is CN(C)CCCN(C)C(=O)c1ccc2c(c1)NC(=O)C2. The summed E-state index contributed by atoms with van der Waals surface area (Å²) < 4.78 is 0. The van der Waals surface area contributed by atoms with Crippen LogP contribution in [0.1, 0.15) is 22.3 Å². The van der Waals surface area contributed by atoms with E-state index in [0.29, 0.717) is 12.0 Å². The van der Waals surface area contributed by atoms with E-state index in [1.807, 2.05) is 27.2 Å². The first kappa shape index (κ1) is 14.5. The summed E-state index contributed by atoms with van der Waals surface area (Å²) in [5.41, 5.74) is 2.35. The zero-order valence-corrected chi connectivity index (χ0v) is 12.3. The van der Waals surface area contributed by atoms with Crippen LogP contribution in [0.25, 0.3) is 0 Å². The van der Waals surface area contributed by atoms with E-state index in [1.165, 1.54) is 0 Å². The molecule has 0 radical (unpaired) electrons. The minimum Gasteiger partial charge on any atom is -0.342 e. The summed E-state index contributed by atoms with van der Waals surface area (Å²) in [5, 5.41) is 2.77. The van der Waals surface area contributed by atoms with Crippen molar-refractivity contribution >= 4 is 17.5 Å². The Morgan fingerprint density at radius 2 is 2.00 bits per heavy atom. The Morgan fingerprint density at radius 1 is 1.25 bits per heavy atom. The van der Waals surface area contributed by atoms with E-state index < -0.39 is 0 Å². The van der Waals surface area contributed by atoms with Crippen molar-refractivity contribution in [2.45, 2.75) is 12.8 Å². The molecular weight excluding hydrogens is 254 g/mol. The minimum atomic E-state index is -0.0102. The molecule has 5 nitrogen and oxygen atoms in total. The van der Waals surface area contributed by atoms with Crippen molar-refractivity contribution in [1.82, 2.24) is 9.80 Å². The van der Waals surface area contributed by atoms with Crippen LogP contribution in [-0.2, 0) is 11.2 Å². The molecule has 2 rings (SSSR count). The number of rotatable bonds is 5. The lowest BCUT2D eigenvalue weighted by Crippen LogP contribution is -2.29. The highest BCUT2D eigenvalue weighted by Gasteiger charge is 2.20. The molecule has 5 heteroatoms. The number of nitrogens with zero attached hydrogens (tertiary/aromatic N) is 2. The maximum absolute atomic E-state index is 12.3. The Hall–Kier alpha value is -1.88. The molecule has 0 saturated heterocycles. The molecule has 0 spiro atoms. The van der Waals surface area contributed by atoms with E-state index in [4.69, 9.17) is 0 Å². The number of benzene rings is 1. The molecule has 1 aromatic carbocycles. The summed E-state index contributed by atoms with van der Waals surface area (Å²) in [5.74, 6) is -0.0170. The second-order valence-corrected chi connectivity index (χ2v) is 5.48. The van der Waals surface area contributed by atoms with E-state index in [0.717, 1.165) is 30.8 Å². The van der Waals surface area contributed by atoms with Crippen LogP contribution < -0.4 is 5.32 Å². The Bertz CT molecular complexity index is 526. The predicted octanol–water partition coefficient (Wildman–Crippen LogP) is 1.20. The molecule has 0 aliphatic carbocycles. The van der Waals surface area contributed by atoms with Crippen LogP contribution in [0, 0.1) is 0 Å². The van der Waals surface area contributed by atoms with Crippen LogP contribution in [0.2, 0.25) is 0 Å². The number of anilines is 1. The lowest BCUT2D eigenvalue weighted by atomic mass is 10.1. The van der Waals surface area contributed by atoms with Crippen LogP contribution in [0.4, 0.5) is 5.69 Å². The van der Waals surface area contributed by atoms with Gasteiger partial charge in [-0.1, -0.05) is 6.07 Å². The predicted molar refractivity (Wildman–Crippen MR) is 78.9 cm³/mol. The fraction of sp³-hybridized carbons (Fsp3) is 0.467. The van der Waals surface area contributed by atoms with Crippen LogP contribution >= 0.6 is 0 Å². The Morgan fingerprint density at radius 3 is 2.70 bits per heavy atom. The van der Waals surface area contributed by atoms with Gasteiger partial charge in [0.1, 0.15) is 0 Å². The maximum Gasteiger partial charge on any atom is 0.253 e. The summed E-state index contributed by atoms with van der Waals surface area (Å²) in [6.45, 7) is 1.68. The van der Waals surface area contributed by atoms with Crippen molar-refractivity contribution in [2.24, 2.45) is 0 Å². The van der Waals surface area contributed by atoms with Gasteiger partial charge in [0, 0.05) is 24.8 Å². The quantitative estimate of drug-likeness (QED) is 0.878. The van der Waals surface area contributed by atoms with Gasteiger partial charge in [0.15, 0.2) is 0 Å². The molecule has 0 unspecified atom stereocenters. The van der Waals surface area contributed by atoms with Gasteiger partial charge in [-0.15, -0.1) is 0 Å². The van der Waals surface area contributed by atoms with Crippen molar-refractivity contribution in [1.29, 1.82) is 0 Å². The Kier molecular flexibility index (Phi) is 4.39. The largest absolute Gasteiger partial charge is 0.342 e. The lowest BCUT2D eigenvalue weighted by Gasteiger charge is -2.19. The highest BCUT2D eigenvalue weighted by Crippen LogP contribution is 2.24. The highest BCUT2D eigenvalue weighted by molar-refractivity contribution is 6.02. The first-order valence-corrected chi connectivity index (χ1v) is 6.80. The standard InChI is InChI=1S/C15H21N3O2/c1-17(2)7-4-8-18(3)15(20)12-6-5-11-10-14(19)16-13(11)9-12/h5-6,9H,4,7-8,10H2,1-3H3,(H,16,19). The number of nitrogens with one attached hydrogen (secondary N) is 1. The normalized spacial score (nSPS) is 13.3. The van der Waals surface area contributed by atoms with Gasteiger partial charge >= 0.3 is 0 Å². The summed E-state index contributed by atoms with van der Waals surface area (Å²) in [6.07, 6.45) is 1.35. The molecule has 108 valence electrons. The molecule has 2 amide bonds. The van der Waals surface area contributed by atoms with Crippen molar-refractivity contribution in [3.63, 3.8) is 0 Å². The van der Waals surface area contributed by atoms with Crippen molar-refractivity contribution in [3.8, 4) is 0 Å². The molecule has 0 saturated carbocycles. The topological polar surface area (TPSA) is 52.6 Å². The molecule has 1 aliphatic heterocycles. The molecule has 0 aromatic heterocycles. The zero-order valence-electron chi connectivity index (χ0n) is 12.3. The molecule has 1 N–H and O–H groups in total. The minimum absolute atomic E-state index is 0.00675. The van der Waals surface area contributed by atoms with Crippen LogP contribution in [-0.4, -0.2) is 55.8 Å². The summed E-state index contributed by atoms with van der Waals surface area (Å²) in [6, 6.07) is 5.42. The molecule has 20 heavy (non-hydrogen) atoms. The maximum atomic E-state index is 12.3. The monoisotopic (exact) mass is 275 g/mol. The molecule has 1 aliphatic rings. The van der Waals surface area contributed by atoms with E-state index >= 15 is 0 Å². The van der Waals surface area contributed by atoms with E-state index in [2.05, 4.69) is 10.2 Å². The fourth-order valence-electron chi connectivity index (χ4n) is 2.29. The number of carbonyl (C=O) groups is 2. The van der Waals surface area contributed by atoms with E-state index in [9.17, 15) is 9.59 Å². The van der Waals surface area contributed by atoms with E-state index in [1.54, 1.807) is 17.0 Å². The van der Waals surface area contributed by atoms with Crippen molar-refractivity contribution in [2.75, 3.05) is 39.5 Å². The first-order valence-electron chi connectivity index (χ1n) is 6.80. The summed E-state index contributed by atoms with van der Waals surface area (Å²) >= 11 is 0. The molecule has 0 fully saturated rings. The number of amides is 2. The number of carbonyl (C=O) groups excluding carboxylic acids is 2. The number of hydrogen-bond donors (Lipinski definition) is 1. The van der Waals surface area contributed by atoms with Crippen LogP contribution in [0.15, 0.2) is 18.2 Å². The lowest BCUT2D eigenvalue weighted by molar-refractivity contribution is -0.115. The summed E-state index contributed by atoms with van der Waals surface area (Å²) in [7, 11) is 5.85. The number of hydrogen-bond acceptors (Lipinski definition) is 3. The highest BCUT2D eigenvalue weighted by atomic mass is 16.2. The third-order valence-corrected chi connectivity index (χ3v) is 3.43. The van der Waals surface area contributed by atoms with Crippen molar-refractivity contribution < 1.29 is 9.59 Å². The molecular formula is C15H21N3O2. The van der Waals surface area contributed by atoms with Gasteiger partial charge in [-0.3, -0.25) is 9.59 Å². The second kappa shape index (κ2) is 6.05.